The Balaban J connectivity index is 2.61. The molecule has 0 aliphatic rings. The van der Waals surface area contributed by atoms with Crippen LogP contribution in [0, 0.1) is 13.8 Å². The zero-order valence-electron chi connectivity index (χ0n) is 8.86. The number of benzene rings is 1. The molecule has 1 rings (SSSR count). The average molecular weight is 206 g/mol. The van der Waals surface area contributed by atoms with Gasteiger partial charge in [-0.3, -0.25) is 0 Å². The van der Waals surface area contributed by atoms with Gasteiger partial charge in [0.1, 0.15) is 12.4 Å². The Hall–Kier alpha value is -1.77. The van der Waals surface area contributed by atoms with Crippen molar-refractivity contribution in [2.24, 2.45) is 0 Å². The third-order valence-corrected chi connectivity index (χ3v) is 1.99. The first-order valence-electron chi connectivity index (χ1n) is 4.69. The number of hydrogen-bond donors (Lipinski definition) is 1. The monoisotopic (exact) mass is 206 g/mol. The van der Waals surface area contributed by atoms with Gasteiger partial charge in [-0.05, 0) is 31.1 Å². The average Bonchev–Trinajstić information content (AvgIpc) is 2.15. The van der Waals surface area contributed by atoms with Crippen molar-refractivity contribution < 1.29 is 14.6 Å². The normalized spacial score (nSPS) is 10.5. The quantitative estimate of drug-likeness (QED) is 0.769. The van der Waals surface area contributed by atoms with Crippen LogP contribution in [-0.2, 0) is 4.79 Å². The van der Waals surface area contributed by atoms with Crippen molar-refractivity contribution in [2.75, 3.05) is 6.61 Å². The lowest BCUT2D eigenvalue weighted by Crippen LogP contribution is -1.98. The SMILES string of the molecule is Cc1cccc(C)c1OC/C=C/C(=O)O. The van der Waals surface area contributed by atoms with Crippen LogP contribution in [0.1, 0.15) is 11.1 Å². The zero-order chi connectivity index (χ0) is 11.3. The molecule has 0 aliphatic carbocycles. The molecule has 0 atom stereocenters. The van der Waals surface area contributed by atoms with E-state index in [2.05, 4.69) is 0 Å². The summed E-state index contributed by atoms with van der Waals surface area (Å²) in [5.74, 6) is -0.132. The highest BCUT2D eigenvalue weighted by Gasteiger charge is 2.01. The maximum Gasteiger partial charge on any atom is 0.328 e. The van der Waals surface area contributed by atoms with Crippen LogP contribution < -0.4 is 4.74 Å². The number of carboxylic acids is 1. The first kappa shape index (κ1) is 11.3. The molecular formula is C12H14O3. The van der Waals surface area contributed by atoms with Crippen LogP contribution in [-0.4, -0.2) is 17.7 Å². The highest BCUT2D eigenvalue weighted by Crippen LogP contribution is 2.21. The second-order valence-corrected chi connectivity index (χ2v) is 3.27. The third-order valence-electron chi connectivity index (χ3n) is 1.99. The molecule has 0 heterocycles. The van der Waals surface area contributed by atoms with E-state index in [4.69, 9.17) is 9.84 Å². The maximum absolute atomic E-state index is 10.2. The first-order chi connectivity index (χ1) is 7.11. The molecule has 1 N–H and O–H groups in total. The summed E-state index contributed by atoms with van der Waals surface area (Å²) in [6.07, 6.45) is 2.56. The molecule has 0 aliphatic heterocycles. The van der Waals surface area contributed by atoms with E-state index in [1.165, 1.54) is 6.08 Å². The fourth-order valence-corrected chi connectivity index (χ4v) is 1.31. The van der Waals surface area contributed by atoms with Gasteiger partial charge in [0.25, 0.3) is 0 Å². The summed E-state index contributed by atoms with van der Waals surface area (Å²) in [6.45, 7) is 4.20. The molecule has 15 heavy (non-hydrogen) atoms. The minimum Gasteiger partial charge on any atom is -0.489 e. The lowest BCUT2D eigenvalue weighted by atomic mass is 10.1. The van der Waals surface area contributed by atoms with Gasteiger partial charge in [0.2, 0.25) is 0 Å². The van der Waals surface area contributed by atoms with Gasteiger partial charge >= 0.3 is 5.97 Å². The van der Waals surface area contributed by atoms with E-state index in [-0.39, 0.29) is 6.61 Å². The Kier molecular flexibility index (Phi) is 3.92. The lowest BCUT2D eigenvalue weighted by Gasteiger charge is -2.09. The van der Waals surface area contributed by atoms with E-state index >= 15 is 0 Å². The summed E-state index contributed by atoms with van der Waals surface area (Å²) in [4.78, 5) is 10.2. The minimum atomic E-state index is -0.958. The van der Waals surface area contributed by atoms with Crippen molar-refractivity contribution >= 4 is 5.97 Å². The maximum atomic E-state index is 10.2. The minimum absolute atomic E-state index is 0.276. The summed E-state index contributed by atoms with van der Waals surface area (Å²) in [6, 6.07) is 5.89. The smallest absolute Gasteiger partial charge is 0.328 e. The molecule has 1 aromatic carbocycles. The number of para-hydroxylation sites is 1. The van der Waals surface area contributed by atoms with Crippen LogP contribution in [0.3, 0.4) is 0 Å². The second kappa shape index (κ2) is 5.20. The highest BCUT2D eigenvalue weighted by molar-refractivity contribution is 5.79. The molecule has 0 unspecified atom stereocenters. The third kappa shape index (κ3) is 3.46. The Morgan fingerprint density at radius 3 is 2.53 bits per heavy atom. The molecular weight excluding hydrogens is 192 g/mol. The van der Waals surface area contributed by atoms with Crippen LogP contribution in [0.2, 0.25) is 0 Å². The van der Waals surface area contributed by atoms with Gasteiger partial charge in [0.05, 0.1) is 0 Å². The molecule has 0 bridgehead atoms. The summed E-state index contributed by atoms with van der Waals surface area (Å²) in [5.41, 5.74) is 2.11. The Bertz CT molecular complexity index is 360. The summed E-state index contributed by atoms with van der Waals surface area (Å²) < 4.78 is 5.47. The van der Waals surface area contributed by atoms with E-state index in [1.54, 1.807) is 0 Å². The van der Waals surface area contributed by atoms with E-state index in [1.807, 2.05) is 32.0 Å². The van der Waals surface area contributed by atoms with Crippen LogP contribution in [0.4, 0.5) is 0 Å². The molecule has 0 amide bonds. The molecule has 0 aromatic heterocycles. The molecule has 80 valence electrons. The van der Waals surface area contributed by atoms with E-state index in [0.29, 0.717) is 0 Å². The van der Waals surface area contributed by atoms with Gasteiger partial charge in [-0.1, -0.05) is 18.2 Å². The van der Waals surface area contributed by atoms with Crippen LogP contribution in [0.25, 0.3) is 0 Å². The van der Waals surface area contributed by atoms with Gasteiger partial charge in [0, 0.05) is 6.08 Å². The number of aliphatic carboxylic acids is 1. The molecule has 1 aromatic rings. The molecule has 0 radical (unpaired) electrons. The molecule has 0 saturated carbocycles. The summed E-state index contributed by atoms with van der Waals surface area (Å²) in [7, 11) is 0. The molecule has 0 fully saturated rings. The van der Waals surface area contributed by atoms with Crippen molar-refractivity contribution in [1.29, 1.82) is 0 Å². The van der Waals surface area contributed by atoms with Crippen molar-refractivity contribution in [2.45, 2.75) is 13.8 Å². The predicted molar refractivity (Wildman–Crippen MR) is 58.2 cm³/mol. The number of ether oxygens (including phenoxy) is 1. The Labute approximate surface area is 89.0 Å². The number of carbonyl (C=O) groups is 1. The lowest BCUT2D eigenvalue weighted by molar-refractivity contribution is -0.131. The van der Waals surface area contributed by atoms with Crippen LogP contribution in [0.15, 0.2) is 30.4 Å². The van der Waals surface area contributed by atoms with Gasteiger partial charge in [-0.25, -0.2) is 4.79 Å². The number of carboxylic acid groups (broad SMARTS) is 1. The van der Waals surface area contributed by atoms with E-state index in [9.17, 15) is 4.79 Å². The Morgan fingerprint density at radius 1 is 1.40 bits per heavy atom. The van der Waals surface area contributed by atoms with Gasteiger partial charge in [-0.15, -0.1) is 0 Å². The van der Waals surface area contributed by atoms with Crippen molar-refractivity contribution in [3.63, 3.8) is 0 Å². The van der Waals surface area contributed by atoms with Crippen molar-refractivity contribution in [3.05, 3.63) is 41.5 Å². The van der Waals surface area contributed by atoms with E-state index in [0.717, 1.165) is 23.0 Å². The number of rotatable bonds is 4. The topological polar surface area (TPSA) is 46.5 Å². The van der Waals surface area contributed by atoms with Crippen molar-refractivity contribution in [3.8, 4) is 5.75 Å². The Morgan fingerprint density at radius 2 is 2.00 bits per heavy atom. The molecule has 3 nitrogen and oxygen atoms in total. The predicted octanol–water partition coefficient (Wildman–Crippen LogP) is 2.32. The van der Waals surface area contributed by atoms with Gasteiger partial charge in [0.15, 0.2) is 0 Å². The summed E-state index contributed by atoms with van der Waals surface area (Å²) in [5, 5.41) is 8.38. The summed E-state index contributed by atoms with van der Waals surface area (Å²) >= 11 is 0. The molecule has 0 saturated heterocycles. The van der Waals surface area contributed by atoms with Crippen LogP contribution >= 0.6 is 0 Å². The number of hydrogen-bond acceptors (Lipinski definition) is 2. The van der Waals surface area contributed by atoms with Crippen LogP contribution in [0.5, 0.6) is 5.75 Å². The molecule has 0 spiro atoms. The van der Waals surface area contributed by atoms with Gasteiger partial charge < -0.3 is 9.84 Å². The van der Waals surface area contributed by atoms with E-state index < -0.39 is 5.97 Å². The number of aryl methyl sites for hydroxylation is 2. The largest absolute Gasteiger partial charge is 0.489 e. The second-order valence-electron chi connectivity index (χ2n) is 3.27. The fraction of sp³-hybridized carbons (Fsp3) is 0.250. The standard InChI is InChI=1S/C12H14O3/c1-9-5-3-6-10(2)12(9)15-8-4-7-11(13)14/h3-7H,8H2,1-2H3,(H,13,14)/b7-4+. The fourth-order valence-electron chi connectivity index (χ4n) is 1.31. The molecule has 3 heteroatoms. The zero-order valence-corrected chi connectivity index (χ0v) is 8.86. The first-order valence-corrected chi connectivity index (χ1v) is 4.69. The van der Waals surface area contributed by atoms with Gasteiger partial charge in [-0.2, -0.15) is 0 Å². The van der Waals surface area contributed by atoms with Crippen molar-refractivity contribution in [1.82, 2.24) is 0 Å². The highest BCUT2D eigenvalue weighted by atomic mass is 16.5.